The molecule has 3 aromatic rings. The van der Waals surface area contributed by atoms with E-state index in [0.717, 1.165) is 4.31 Å². The Morgan fingerprint density at radius 3 is 2.16 bits per heavy atom. The van der Waals surface area contributed by atoms with Crippen molar-refractivity contribution in [3.8, 4) is 17.2 Å². The Labute approximate surface area is 226 Å². The average Bonchev–Trinajstić information content (AvgIpc) is 2.91. The number of aryl methyl sites for hydroxylation is 1. The standard InChI is InChI=1S/C26H27ClN2O8S/c1-16-6-7-17(26(31)37-5)12-20(16)28-25(30)15-29(21-13-18(27)8-10-22(21)34-2)38(32,33)19-9-11-23(35-3)24(14-19)36-4/h6-14H,15H2,1-5H3,(H,28,30). The molecule has 0 saturated heterocycles. The molecule has 12 heteroatoms. The number of sulfonamides is 1. The highest BCUT2D eigenvalue weighted by Gasteiger charge is 2.31. The lowest BCUT2D eigenvalue weighted by atomic mass is 10.1. The number of rotatable bonds is 10. The normalized spacial score (nSPS) is 10.9. The highest BCUT2D eigenvalue weighted by molar-refractivity contribution is 7.92. The first-order chi connectivity index (χ1) is 18.0. The third-order valence-corrected chi connectivity index (χ3v) is 7.56. The Kier molecular flexibility index (Phi) is 9.08. The SMILES string of the molecule is COC(=O)c1ccc(C)c(NC(=O)CN(c2cc(Cl)ccc2OC)S(=O)(=O)c2ccc(OC)c(OC)c2)c1. The lowest BCUT2D eigenvalue weighted by molar-refractivity contribution is -0.114. The number of nitrogens with zero attached hydrogens (tertiary/aromatic N) is 1. The minimum atomic E-state index is -4.36. The van der Waals surface area contributed by atoms with Gasteiger partial charge < -0.3 is 24.3 Å². The predicted molar refractivity (Wildman–Crippen MR) is 143 cm³/mol. The lowest BCUT2D eigenvalue weighted by Gasteiger charge is -2.26. The predicted octanol–water partition coefficient (Wildman–Crippen LogP) is 4.29. The van der Waals surface area contributed by atoms with Crippen LogP contribution in [-0.2, 0) is 19.6 Å². The zero-order chi connectivity index (χ0) is 28.0. The molecule has 0 atom stereocenters. The van der Waals surface area contributed by atoms with Crippen molar-refractivity contribution in [2.45, 2.75) is 11.8 Å². The molecule has 0 spiro atoms. The quantitative estimate of drug-likeness (QED) is 0.363. The van der Waals surface area contributed by atoms with Gasteiger partial charge in [0.05, 0.1) is 44.6 Å². The molecule has 0 aliphatic rings. The van der Waals surface area contributed by atoms with Crippen molar-refractivity contribution in [2.24, 2.45) is 0 Å². The van der Waals surface area contributed by atoms with Crippen LogP contribution in [0.2, 0.25) is 5.02 Å². The van der Waals surface area contributed by atoms with Gasteiger partial charge in [0.2, 0.25) is 5.91 Å². The first-order valence-corrected chi connectivity index (χ1v) is 12.9. The molecule has 0 heterocycles. The lowest BCUT2D eigenvalue weighted by Crippen LogP contribution is -2.38. The summed E-state index contributed by atoms with van der Waals surface area (Å²) >= 11 is 6.19. The minimum absolute atomic E-state index is 0.0463. The number of methoxy groups -OCH3 is 4. The molecule has 0 aliphatic heterocycles. The van der Waals surface area contributed by atoms with Crippen molar-refractivity contribution in [3.05, 3.63) is 70.7 Å². The van der Waals surface area contributed by atoms with E-state index in [1.54, 1.807) is 19.1 Å². The molecular weight excluding hydrogens is 536 g/mol. The summed E-state index contributed by atoms with van der Waals surface area (Å²) in [5, 5.41) is 2.91. The molecule has 0 fully saturated rings. The van der Waals surface area contributed by atoms with Crippen molar-refractivity contribution in [1.29, 1.82) is 0 Å². The summed E-state index contributed by atoms with van der Waals surface area (Å²) in [6, 6.07) is 13.1. The van der Waals surface area contributed by atoms with Crippen molar-refractivity contribution >= 4 is 44.9 Å². The second-order valence-electron chi connectivity index (χ2n) is 7.91. The number of amides is 1. The van der Waals surface area contributed by atoms with Gasteiger partial charge in [-0.3, -0.25) is 9.10 Å². The number of carbonyl (C=O) groups excluding carboxylic acids is 2. The molecule has 0 radical (unpaired) electrons. The molecule has 0 aromatic heterocycles. The van der Waals surface area contributed by atoms with Gasteiger partial charge in [-0.2, -0.15) is 0 Å². The number of nitrogens with one attached hydrogen (secondary N) is 1. The van der Waals surface area contributed by atoms with Crippen LogP contribution in [0.5, 0.6) is 17.2 Å². The van der Waals surface area contributed by atoms with Gasteiger partial charge in [-0.1, -0.05) is 17.7 Å². The van der Waals surface area contributed by atoms with Gasteiger partial charge in [0.1, 0.15) is 12.3 Å². The van der Waals surface area contributed by atoms with E-state index >= 15 is 0 Å². The van der Waals surface area contributed by atoms with Crippen LogP contribution in [-0.4, -0.2) is 55.3 Å². The summed E-state index contributed by atoms with van der Waals surface area (Å²) in [5.74, 6) is -0.568. The number of esters is 1. The van der Waals surface area contributed by atoms with E-state index in [0.29, 0.717) is 17.0 Å². The van der Waals surface area contributed by atoms with E-state index in [9.17, 15) is 18.0 Å². The molecule has 202 valence electrons. The Bertz CT molecular complexity index is 1460. The maximum absolute atomic E-state index is 13.9. The maximum atomic E-state index is 13.9. The third kappa shape index (κ3) is 6.12. The first-order valence-electron chi connectivity index (χ1n) is 11.1. The van der Waals surface area contributed by atoms with Crippen LogP contribution in [0.1, 0.15) is 15.9 Å². The number of benzene rings is 3. The highest BCUT2D eigenvalue weighted by atomic mass is 35.5. The van der Waals surface area contributed by atoms with E-state index in [1.165, 1.54) is 70.9 Å². The van der Waals surface area contributed by atoms with Crippen molar-refractivity contribution in [2.75, 3.05) is 44.6 Å². The molecular formula is C26H27ClN2O8S. The monoisotopic (exact) mass is 562 g/mol. The van der Waals surface area contributed by atoms with Crippen molar-refractivity contribution in [1.82, 2.24) is 0 Å². The fraction of sp³-hybridized carbons (Fsp3) is 0.231. The summed E-state index contributed by atoms with van der Waals surface area (Å²) < 4.78 is 49.3. The largest absolute Gasteiger partial charge is 0.495 e. The van der Waals surface area contributed by atoms with E-state index in [-0.39, 0.29) is 32.7 Å². The van der Waals surface area contributed by atoms with Crippen LogP contribution in [0.25, 0.3) is 0 Å². The summed E-state index contributed by atoms with van der Waals surface area (Å²) in [6.45, 7) is 1.09. The molecule has 0 unspecified atom stereocenters. The molecule has 0 bridgehead atoms. The fourth-order valence-electron chi connectivity index (χ4n) is 3.58. The second-order valence-corrected chi connectivity index (χ2v) is 10.2. The Morgan fingerprint density at radius 1 is 0.868 bits per heavy atom. The van der Waals surface area contributed by atoms with E-state index in [2.05, 4.69) is 5.32 Å². The average molecular weight is 563 g/mol. The van der Waals surface area contributed by atoms with Gasteiger partial charge in [0.25, 0.3) is 10.0 Å². The van der Waals surface area contributed by atoms with Gasteiger partial charge in [-0.25, -0.2) is 13.2 Å². The topological polar surface area (TPSA) is 120 Å². The number of hydrogen-bond acceptors (Lipinski definition) is 8. The highest BCUT2D eigenvalue weighted by Crippen LogP contribution is 2.37. The number of halogens is 1. The Morgan fingerprint density at radius 2 is 1.53 bits per heavy atom. The summed E-state index contributed by atoms with van der Waals surface area (Å²) in [6.07, 6.45) is 0. The van der Waals surface area contributed by atoms with Gasteiger partial charge in [-0.05, 0) is 55.0 Å². The molecule has 0 saturated carbocycles. The van der Waals surface area contributed by atoms with Gasteiger partial charge >= 0.3 is 5.97 Å². The number of hydrogen-bond donors (Lipinski definition) is 1. The first kappa shape index (κ1) is 28.6. The van der Waals surface area contributed by atoms with Crippen LogP contribution >= 0.6 is 11.6 Å². The third-order valence-electron chi connectivity index (χ3n) is 5.57. The van der Waals surface area contributed by atoms with Crippen LogP contribution in [0, 0.1) is 6.92 Å². The van der Waals surface area contributed by atoms with Crippen LogP contribution in [0.4, 0.5) is 11.4 Å². The minimum Gasteiger partial charge on any atom is -0.495 e. The molecule has 38 heavy (non-hydrogen) atoms. The molecule has 3 aromatic carbocycles. The van der Waals surface area contributed by atoms with E-state index in [4.69, 9.17) is 30.5 Å². The van der Waals surface area contributed by atoms with Crippen molar-refractivity contribution in [3.63, 3.8) is 0 Å². The maximum Gasteiger partial charge on any atom is 0.337 e. The second kappa shape index (κ2) is 12.1. The van der Waals surface area contributed by atoms with Gasteiger partial charge in [0, 0.05) is 16.8 Å². The summed E-state index contributed by atoms with van der Waals surface area (Å²) in [5.41, 5.74) is 1.24. The van der Waals surface area contributed by atoms with E-state index in [1.807, 2.05) is 0 Å². The molecule has 0 aliphatic carbocycles. The van der Waals surface area contributed by atoms with Crippen molar-refractivity contribution < 1.29 is 37.0 Å². The molecule has 1 amide bonds. The number of carbonyl (C=O) groups is 2. The van der Waals surface area contributed by atoms with Crippen LogP contribution < -0.4 is 23.8 Å². The zero-order valence-corrected chi connectivity index (χ0v) is 23.0. The van der Waals surface area contributed by atoms with E-state index < -0.39 is 28.4 Å². The fourth-order valence-corrected chi connectivity index (χ4v) is 5.19. The molecule has 1 N–H and O–H groups in total. The Hall–Kier alpha value is -3.96. The smallest absolute Gasteiger partial charge is 0.337 e. The summed E-state index contributed by atoms with van der Waals surface area (Å²) in [7, 11) is 1.06. The number of anilines is 2. The molecule has 10 nitrogen and oxygen atoms in total. The summed E-state index contributed by atoms with van der Waals surface area (Å²) in [4.78, 5) is 25.0. The Balaban J connectivity index is 2.07. The van der Waals surface area contributed by atoms with Crippen LogP contribution in [0.15, 0.2) is 59.5 Å². The molecule has 3 rings (SSSR count). The zero-order valence-electron chi connectivity index (χ0n) is 21.4. The van der Waals surface area contributed by atoms with Gasteiger partial charge in [-0.15, -0.1) is 0 Å². The van der Waals surface area contributed by atoms with Gasteiger partial charge in [0.15, 0.2) is 11.5 Å². The number of ether oxygens (including phenoxy) is 4. The van der Waals surface area contributed by atoms with Crippen LogP contribution in [0.3, 0.4) is 0 Å².